The Kier molecular flexibility index (Phi) is 10.5. The highest BCUT2D eigenvalue weighted by molar-refractivity contribution is 7.92. The molecule has 0 bridgehead atoms. The molecule has 13 nitrogen and oxygen atoms in total. The monoisotopic (exact) mass is 737 g/mol. The molecule has 2 aromatic heterocycles. The van der Waals surface area contributed by atoms with Gasteiger partial charge in [0.1, 0.15) is 33.2 Å². The number of hydrogen-bond acceptors (Lipinski definition) is 11. The van der Waals surface area contributed by atoms with Gasteiger partial charge in [-0.2, -0.15) is 0 Å². The summed E-state index contributed by atoms with van der Waals surface area (Å²) in [6.07, 6.45) is 2.54. The van der Waals surface area contributed by atoms with E-state index >= 15 is 0 Å². The molecular weight excluding hydrogens is 705 g/mol. The van der Waals surface area contributed by atoms with E-state index in [9.17, 15) is 21.4 Å². The first-order valence-electron chi connectivity index (χ1n) is 15.6. The van der Waals surface area contributed by atoms with Gasteiger partial charge in [0.25, 0.3) is 10.0 Å². The second-order valence-corrected chi connectivity index (χ2v) is 14.6. The number of benzene rings is 3. The Labute approximate surface area is 295 Å². The molecule has 1 unspecified atom stereocenters. The smallest absolute Gasteiger partial charge is 0.264 e. The van der Waals surface area contributed by atoms with Crippen LogP contribution in [-0.2, 0) is 32.3 Å². The fourth-order valence-electron chi connectivity index (χ4n) is 5.71. The summed E-state index contributed by atoms with van der Waals surface area (Å²) < 4.78 is 90.3. The van der Waals surface area contributed by atoms with Crippen molar-refractivity contribution < 1.29 is 35.3 Å². The molecule has 5 aromatic rings. The molecule has 0 saturated carbocycles. The van der Waals surface area contributed by atoms with Crippen molar-refractivity contribution in [2.75, 3.05) is 29.6 Å². The minimum atomic E-state index is -4.56. The number of sulfonamides is 1. The van der Waals surface area contributed by atoms with E-state index in [4.69, 9.17) is 19.3 Å². The van der Waals surface area contributed by atoms with Gasteiger partial charge in [-0.05, 0) is 61.9 Å². The van der Waals surface area contributed by atoms with Crippen molar-refractivity contribution in [2.45, 2.75) is 42.4 Å². The van der Waals surface area contributed by atoms with Crippen molar-refractivity contribution >= 4 is 38.6 Å². The number of anilines is 2. The summed E-state index contributed by atoms with van der Waals surface area (Å²) in [6, 6.07) is 15.4. The molecule has 0 aliphatic carbocycles. The summed E-state index contributed by atoms with van der Waals surface area (Å²) in [5, 5.41) is 16.9. The number of rotatable bonds is 12. The van der Waals surface area contributed by atoms with Crippen molar-refractivity contribution in [1.29, 1.82) is 5.41 Å². The molecule has 1 aliphatic heterocycles. The van der Waals surface area contributed by atoms with Gasteiger partial charge in [0.2, 0.25) is 17.7 Å². The Morgan fingerprint density at radius 3 is 2.43 bits per heavy atom. The van der Waals surface area contributed by atoms with Crippen LogP contribution in [0.15, 0.2) is 87.1 Å². The fraction of sp³-hybridized carbons (Fsp3) is 0.235. The van der Waals surface area contributed by atoms with Crippen molar-refractivity contribution in [3.63, 3.8) is 0 Å². The molecule has 3 heterocycles. The van der Waals surface area contributed by atoms with Gasteiger partial charge in [-0.15, -0.1) is 10.2 Å². The van der Waals surface area contributed by atoms with E-state index in [-0.39, 0.29) is 35.4 Å². The largest absolute Gasteiger partial charge is 0.480 e. The minimum absolute atomic E-state index is 0.0265. The van der Waals surface area contributed by atoms with Crippen LogP contribution in [0.3, 0.4) is 0 Å². The maximum atomic E-state index is 14.5. The lowest BCUT2D eigenvalue weighted by molar-refractivity contribution is -0.0721. The van der Waals surface area contributed by atoms with E-state index in [0.29, 0.717) is 58.7 Å². The van der Waals surface area contributed by atoms with E-state index in [1.807, 2.05) is 13.8 Å². The van der Waals surface area contributed by atoms with Crippen molar-refractivity contribution in [3.8, 4) is 28.5 Å². The van der Waals surface area contributed by atoms with Gasteiger partial charge < -0.3 is 24.0 Å². The second-order valence-electron chi connectivity index (χ2n) is 11.7. The number of morpholine rings is 1. The second kappa shape index (κ2) is 15.0. The Morgan fingerprint density at radius 2 is 1.75 bits per heavy atom. The third-order valence-corrected chi connectivity index (χ3v) is 10.3. The number of halogens is 2. The third kappa shape index (κ3) is 8.12. The van der Waals surface area contributed by atoms with Crippen LogP contribution in [0.1, 0.15) is 25.3 Å². The van der Waals surface area contributed by atoms with E-state index in [1.165, 1.54) is 19.4 Å². The Hall–Kier alpha value is -5.10. The van der Waals surface area contributed by atoms with E-state index < -0.39 is 37.5 Å². The van der Waals surface area contributed by atoms with Crippen LogP contribution in [0.4, 0.5) is 20.2 Å². The SMILES string of the molecule is COc1ncc(-c2cc(NS(=O)c3ccccc3)c(C=N)c(-c3nnc(CN4C[C@@H](C)O[C@@H](C)C4)o3)c2)cc1NS(=O)(=O)c1ccc(F)cc1F. The predicted octanol–water partition coefficient (Wildman–Crippen LogP) is 5.63. The molecule has 0 radical (unpaired) electrons. The minimum Gasteiger partial charge on any atom is -0.480 e. The van der Waals surface area contributed by atoms with Gasteiger partial charge in [-0.3, -0.25) is 9.62 Å². The average molecular weight is 738 g/mol. The van der Waals surface area contributed by atoms with Crippen LogP contribution in [0.5, 0.6) is 5.88 Å². The summed E-state index contributed by atoms with van der Waals surface area (Å²) in [5.41, 5.74) is 1.50. The third-order valence-electron chi connectivity index (χ3n) is 7.84. The molecule has 17 heteroatoms. The Morgan fingerprint density at radius 1 is 1.02 bits per heavy atom. The van der Waals surface area contributed by atoms with Crippen molar-refractivity contribution in [1.82, 2.24) is 20.1 Å². The summed E-state index contributed by atoms with van der Waals surface area (Å²) in [4.78, 5) is 6.10. The number of hydrogen-bond donors (Lipinski definition) is 3. The van der Waals surface area contributed by atoms with Crippen LogP contribution in [0.2, 0.25) is 0 Å². The van der Waals surface area contributed by atoms with Crippen molar-refractivity contribution in [3.05, 3.63) is 96.0 Å². The Balaban J connectivity index is 1.42. The van der Waals surface area contributed by atoms with E-state index in [0.717, 1.165) is 18.3 Å². The Bertz CT molecular complexity index is 2190. The average Bonchev–Trinajstić information content (AvgIpc) is 3.55. The lowest BCUT2D eigenvalue weighted by Gasteiger charge is -2.34. The molecule has 6 rings (SSSR count). The molecule has 1 aliphatic rings. The standard InChI is InChI=1S/C34H33F2N7O6S2/c1-20-17-43(18-21(2)48-20)19-32-39-40-33(49-32)26-11-22(12-29(27(26)15-37)41-50(44)25-7-5-4-6-8-25)23-13-30(34(47-3)38-16-23)42-51(45,46)31-10-9-24(35)14-28(31)36/h4-16,20-21,37,41-42H,17-19H2,1-3H3/t20-,21+,50?. The zero-order chi connectivity index (χ0) is 36.3. The molecule has 266 valence electrons. The first-order chi connectivity index (χ1) is 24.4. The number of ether oxygens (including phenoxy) is 2. The normalized spacial score (nSPS) is 17.1. The molecule has 3 N–H and O–H groups in total. The van der Waals surface area contributed by atoms with Crippen molar-refractivity contribution in [2.24, 2.45) is 0 Å². The van der Waals surface area contributed by atoms with Crippen LogP contribution in [0.25, 0.3) is 22.6 Å². The number of methoxy groups -OCH3 is 1. The number of nitrogens with zero attached hydrogens (tertiary/aromatic N) is 4. The first-order valence-corrected chi connectivity index (χ1v) is 18.2. The zero-order valence-electron chi connectivity index (χ0n) is 27.6. The predicted molar refractivity (Wildman–Crippen MR) is 186 cm³/mol. The fourth-order valence-corrected chi connectivity index (χ4v) is 7.71. The van der Waals surface area contributed by atoms with E-state index in [1.54, 1.807) is 42.5 Å². The molecule has 1 fully saturated rings. The highest BCUT2D eigenvalue weighted by Gasteiger charge is 2.26. The van der Waals surface area contributed by atoms with Crippen LogP contribution in [0, 0.1) is 17.0 Å². The molecule has 0 amide bonds. The lowest BCUT2D eigenvalue weighted by atomic mass is 9.98. The van der Waals surface area contributed by atoms with Crippen LogP contribution < -0.4 is 14.2 Å². The van der Waals surface area contributed by atoms with Gasteiger partial charge in [-0.1, -0.05) is 18.2 Å². The number of pyridine rings is 1. The summed E-state index contributed by atoms with van der Waals surface area (Å²) >= 11 is 0. The summed E-state index contributed by atoms with van der Waals surface area (Å²) in [7, 11) is -5.04. The van der Waals surface area contributed by atoms with Gasteiger partial charge in [0, 0.05) is 42.7 Å². The maximum Gasteiger partial charge on any atom is 0.264 e. The van der Waals surface area contributed by atoms with E-state index in [2.05, 4.69) is 29.5 Å². The molecule has 1 saturated heterocycles. The summed E-state index contributed by atoms with van der Waals surface area (Å²) in [6.45, 7) is 5.70. The van der Waals surface area contributed by atoms with Crippen LogP contribution in [-0.4, -0.2) is 71.3 Å². The maximum absolute atomic E-state index is 14.5. The van der Waals surface area contributed by atoms with Gasteiger partial charge in [-0.25, -0.2) is 26.4 Å². The van der Waals surface area contributed by atoms with Gasteiger partial charge >= 0.3 is 0 Å². The number of nitrogens with one attached hydrogen (secondary N) is 3. The quantitative estimate of drug-likeness (QED) is 0.136. The molecular formula is C34H33F2N7O6S2. The molecule has 0 spiro atoms. The highest BCUT2D eigenvalue weighted by Crippen LogP contribution is 2.37. The van der Waals surface area contributed by atoms with Gasteiger partial charge in [0.15, 0.2) is 0 Å². The van der Waals surface area contributed by atoms with Crippen LogP contribution >= 0.6 is 0 Å². The molecule has 3 aromatic carbocycles. The molecule has 3 atom stereocenters. The lowest BCUT2D eigenvalue weighted by Crippen LogP contribution is -2.44. The zero-order valence-corrected chi connectivity index (χ0v) is 29.2. The summed E-state index contributed by atoms with van der Waals surface area (Å²) in [5.74, 6) is -1.92. The topological polar surface area (TPSA) is 173 Å². The number of aromatic nitrogens is 3. The van der Waals surface area contributed by atoms with Gasteiger partial charge in [0.05, 0.1) is 42.0 Å². The highest BCUT2D eigenvalue weighted by atomic mass is 32.2. The first kappa shape index (κ1) is 35.7. The molecule has 51 heavy (non-hydrogen) atoms.